The van der Waals surface area contributed by atoms with Gasteiger partial charge in [-0.15, -0.1) is 0 Å². The van der Waals surface area contributed by atoms with Crippen LogP contribution in [0.4, 0.5) is 19.1 Å². The van der Waals surface area contributed by atoms with E-state index in [1.165, 1.54) is 0 Å². The molecule has 0 aliphatic rings. The molecule has 2 aromatic rings. The molecule has 2 heterocycles. The standard InChI is InChI=1S/C10H10F3N5/c1-6(8-14-4-5-15-8)17-9-16-3-2-7(18-9)10(11,12)13/h2-6H,1H3,(H,14,15)(H,16,17,18). The number of anilines is 1. The van der Waals surface area contributed by atoms with Crippen LogP contribution in [0.25, 0.3) is 0 Å². The number of H-pyrrole nitrogens is 1. The second kappa shape index (κ2) is 4.63. The number of hydrogen-bond donors (Lipinski definition) is 2. The zero-order valence-corrected chi connectivity index (χ0v) is 9.36. The molecule has 0 aliphatic carbocycles. The van der Waals surface area contributed by atoms with Gasteiger partial charge in [-0.05, 0) is 13.0 Å². The first-order valence-corrected chi connectivity index (χ1v) is 5.13. The Kier molecular flexibility index (Phi) is 3.17. The van der Waals surface area contributed by atoms with Gasteiger partial charge in [-0.3, -0.25) is 0 Å². The van der Waals surface area contributed by atoms with Gasteiger partial charge in [0, 0.05) is 18.6 Å². The molecule has 96 valence electrons. The number of hydrogen-bond acceptors (Lipinski definition) is 4. The van der Waals surface area contributed by atoms with Crippen molar-refractivity contribution in [1.82, 2.24) is 19.9 Å². The van der Waals surface area contributed by atoms with Crippen molar-refractivity contribution in [1.29, 1.82) is 0 Å². The Morgan fingerprint density at radius 1 is 1.28 bits per heavy atom. The molecule has 1 unspecified atom stereocenters. The van der Waals surface area contributed by atoms with E-state index in [4.69, 9.17) is 0 Å². The monoisotopic (exact) mass is 257 g/mol. The molecule has 2 aromatic heterocycles. The molecular formula is C10H10F3N5. The average molecular weight is 257 g/mol. The van der Waals surface area contributed by atoms with Crippen molar-refractivity contribution < 1.29 is 13.2 Å². The van der Waals surface area contributed by atoms with Crippen molar-refractivity contribution >= 4 is 5.95 Å². The van der Waals surface area contributed by atoms with Crippen LogP contribution < -0.4 is 5.32 Å². The van der Waals surface area contributed by atoms with Gasteiger partial charge < -0.3 is 10.3 Å². The van der Waals surface area contributed by atoms with Crippen LogP contribution in [-0.2, 0) is 6.18 Å². The van der Waals surface area contributed by atoms with E-state index in [0.29, 0.717) is 5.82 Å². The third-order valence-corrected chi connectivity index (χ3v) is 2.22. The van der Waals surface area contributed by atoms with Gasteiger partial charge in [0.15, 0.2) is 0 Å². The maximum atomic E-state index is 12.4. The third kappa shape index (κ3) is 2.76. The minimum atomic E-state index is -4.48. The Morgan fingerprint density at radius 2 is 2.06 bits per heavy atom. The van der Waals surface area contributed by atoms with Crippen LogP contribution in [0.3, 0.4) is 0 Å². The van der Waals surface area contributed by atoms with Crippen molar-refractivity contribution in [2.45, 2.75) is 19.1 Å². The highest BCUT2D eigenvalue weighted by Crippen LogP contribution is 2.27. The highest BCUT2D eigenvalue weighted by molar-refractivity contribution is 5.28. The molecule has 0 radical (unpaired) electrons. The van der Waals surface area contributed by atoms with Gasteiger partial charge in [0.2, 0.25) is 5.95 Å². The molecule has 0 fully saturated rings. The van der Waals surface area contributed by atoms with Crippen LogP contribution >= 0.6 is 0 Å². The summed E-state index contributed by atoms with van der Waals surface area (Å²) in [5.41, 5.74) is -0.980. The average Bonchev–Trinajstić information content (AvgIpc) is 2.81. The highest BCUT2D eigenvalue weighted by Gasteiger charge is 2.32. The van der Waals surface area contributed by atoms with Crippen molar-refractivity contribution in [2.75, 3.05) is 5.32 Å². The largest absolute Gasteiger partial charge is 0.433 e. The normalized spacial score (nSPS) is 13.3. The SMILES string of the molecule is CC(Nc1nccc(C(F)(F)F)n1)c1ncc[nH]1. The van der Waals surface area contributed by atoms with Gasteiger partial charge in [-0.1, -0.05) is 0 Å². The minimum absolute atomic E-state index is 0.0891. The van der Waals surface area contributed by atoms with Gasteiger partial charge >= 0.3 is 6.18 Å². The zero-order chi connectivity index (χ0) is 13.2. The summed E-state index contributed by atoms with van der Waals surface area (Å²) in [5.74, 6) is 0.504. The predicted octanol–water partition coefficient (Wildman–Crippen LogP) is 2.39. The Morgan fingerprint density at radius 3 is 2.67 bits per heavy atom. The first-order valence-electron chi connectivity index (χ1n) is 5.13. The van der Waals surface area contributed by atoms with Crippen LogP contribution in [0.5, 0.6) is 0 Å². The topological polar surface area (TPSA) is 66.5 Å². The lowest BCUT2D eigenvalue weighted by Crippen LogP contribution is -2.14. The summed E-state index contributed by atoms with van der Waals surface area (Å²) in [7, 11) is 0. The van der Waals surface area contributed by atoms with Crippen LogP contribution in [0.2, 0.25) is 0 Å². The third-order valence-electron chi connectivity index (χ3n) is 2.22. The summed E-state index contributed by atoms with van der Waals surface area (Å²) in [4.78, 5) is 14.0. The van der Waals surface area contributed by atoms with Crippen LogP contribution in [0.15, 0.2) is 24.7 Å². The molecule has 0 bridgehead atoms. The van der Waals surface area contributed by atoms with E-state index in [9.17, 15) is 13.2 Å². The Labute approximate surface area is 100 Å². The molecule has 1 atom stereocenters. The first kappa shape index (κ1) is 12.3. The van der Waals surface area contributed by atoms with E-state index in [1.807, 2.05) is 0 Å². The molecule has 0 aliphatic heterocycles. The van der Waals surface area contributed by atoms with Gasteiger partial charge in [-0.2, -0.15) is 13.2 Å². The smallest absolute Gasteiger partial charge is 0.347 e. The summed E-state index contributed by atoms with van der Waals surface area (Å²) in [5, 5.41) is 2.74. The van der Waals surface area contributed by atoms with Gasteiger partial charge in [0.1, 0.15) is 11.5 Å². The fraction of sp³-hybridized carbons (Fsp3) is 0.300. The maximum Gasteiger partial charge on any atom is 0.433 e. The van der Waals surface area contributed by atoms with Gasteiger partial charge in [0.05, 0.1) is 6.04 Å². The lowest BCUT2D eigenvalue weighted by molar-refractivity contribution is -0.141. The second-order valence-electron chi connectivity index (χ2n) is 3.60. The molecule has 0 saturated heterocycles. The van der Waals surface area contributed by atoms with E-state index in [0.717, 1.165) is 12.3 Å². The van der Waals surface area contributed by atoms with Crippen molar-refractivity contribution in [2.24, 2.45) is 0 Å². The molecule has 2 rings (SSSR count). The van der Waals surface area contributed by atoms with Gasteiger partial charge in [0.25, 0.3) is 0 Å². The number of aromatic nitrogens is 4. The molecule has 0 amide bonds. The summed E-state index contributed by atoms with van der Waals surface area (Å²) in [6, 6.07) is 0.506. The van der Waals surface area contributed by atoms with Crippen molar-refractivity contribution in [3.05, 3.63) is 36.2 Å². The van der Waals surface area contributed by atoms with E-state index in [1.54, 1.807) is 19.3 Å². The minimum Gasteiger partial charge on any atom is -0.347 e. The lowest BCUT2D eigenvalue weighted by atomic mass is 10.3. The molecule has 8 heteroatoms. The molecular weight excluding hydrogens is 247 g/mol. The molecule has 0 aromatic carbocycles. The first-order chi connectivity index (χ1) is 8.47. The summed E-state index contributed by atoms with van der Waals surface area (Å²) in [6.07, 6.45) is -0.235. The number of nitrogens with one attached hydrogen (secondary N) is 2. The number of rotatable bonds is 3. The zero-order valence-electron chi connectivity index (χ0n) is 9.36. The quantitative estimate of drug-likeness (QED) is 0.886. The van der Waals surface area contributed by atoms with Crippen LogP contribution in [0.1, 0.15) is 24.5 Å². The number of imidazole rings is 1. The lowest BCUT2D eigenvalue weighted by Gasteiger charge is -2.12. The van der Waals surface area contributed by atoms with Crippen molar-refractivity contribution in [3.63, 3.8) is 0 Å². The number of aromatic amines is 1. The van der Waals surface area contributed by atoms with E-state index >= 15 is 0 Å². The van der Waals surface area contributed by atoms with E-state index in [-0.39, 0.29) is 12.0 Å². The van der Waals surface area contributed by atoms with Gasteiger partial charge in [-0.25, -0.2) is 15.0 Å². The number of halogens is 3. The molecule has 18 heavy (non-hydrogen) atoms. The predicted molar refractivity (Wildman–Crippen MR) is 57.7 cm³/mol. The Balaban J connectivity index is 2.15. The van der Waals surface area contributed by atoms with E-state index < -0.39 is 11.9 Å². The van der Waals surface area contributed by atoms with Crippen LogP contribution in [0, 0.1) is 0 Å². The second-order valence-corrected chi connectivity index (χ2v) is 3.60. The molecule has 0 saturated carbocycles. The van der Waals surface area contributed by atoms with Crippen molar-refractivity contribution in [3.8, 4) is 0 Å². The molecule has 5 nitrogen and oxygen atoms in total. The summed E-state index contributed by atoms with van der Waals surface area (Å²) in [6.45, 7) is 1.74. The summed E-state index contributed by atoms with van der Waals surface area (Å²) < 4.78 is 37.3. The Bertz CT molecular complexity index is 508. The fourth-order valence-corrected chi connectivity index (χ4v) is 1.36. The highest BCUT2D eigenvalue weighted by atomic mass is 19.4. The molecule has 2 N–H and O–H groups in total. The molecule has 0 spiro atoms. The Hall–Kier alpha value is -2.12. The van der Waals surface area contributed by atoms with E-state index in [2.05, 4.69) is 25.3 Å². The summed E-state index contributed by atoms with van der Waals surface area (Å²) >= 11 is 0. The maximum absolute atomic E-state index is 12.4. The fourth-order valence-electron chi connectivity index (χ4n) is 1.36. The number of alkyl halides is 3. The number of nitrogens with zero attached hydrogens (tertiary/aromatic N) is 3. The van der Waals surface area contributed by atoms with Crippen LogP contribution in [-0.4, -0.2) is 19.9 Å².